The number of thiophene rings is 1. The zero-order chi connectivity index (χ0) is 25.9. The summed E-state index contributed by atoms with van der Waals surface area (Å²) in [7, 11) is 1.62. The summed E-state index contributed by atoms with van der Waals surface area (Å²) in [5, 5.41) is 1.99. The van der Waals surface area contributed by atoms with Crippen molar-refractivity contribution >= 4 is 34.6 Å². The van der Waals surface area contributed by atoms with Crippen molar-refractivity contribution in [2.75, 3.05) is 51.3 Å². The maximum Gasteiger partial charge on any atom is 0.254 e. The van der Waals surface area contributed by atoms with Crippen molar-refractivity contribution in [2.45, 2.75) is 18.9 Å². The molecule has 3 heterocycles. The van der Waals surface area contributed by atoms with Gasteiger partial charge in [-0.1, -0.05) is 24.3 Å². The van der Waals surface area contributed by atoms with Crippen LogP contribution in [0.2, 0.25) is 0 Å². The summed E-state index contributed by atoms with van der Waals surface area (Å²) in [5.41, 5.74) is 3.13. The van der Waals surface area contributed by atoms with E-state index in [9.17, 15) is 14.4 Å². The predicted octanol–water partition coefficient (Wildman–Crippen LogP) is 4.23. The molecule has 5 rings (SSSR count). The molecule has 0 aliphatic carbocycles. The topological polar surface area (TPSA) is 70.2 Å². The Labute approximate surface area is 221 Å². The molecule has 3 aromatic rings. The number of carbonyl (C=O) groups excluding carboxylic acids is 3. The van der Waals surface area contributed by atoms with Crippen molar-refractivity contribution < 1.29 is 19.1 Å². The van der Waals surface area contributed by atoms with Gasteiger partial charge in [0.25, 0.3) is 5.91 Å². The van der Waals surface area contributed by atoms with E-state index in [-0.39, 0.29) is 23.6 Å². The van der Waals surface area contributed by atoms with Crippen LogP contribution in [0.15, 0.2) is 66.0 Å². The lowest BCUT2D eigenvalue weighted by Crippen LogP contribution is -2.53. The number of methoxy groups -OCH3 is 1. The first-order valence-electron chi connectivity index (χ1n) is 12.6. The number of amides is 2. The molecule has 2 atom stereocenters. The third kappa shape index (κ3) is 4.91. The van der Waals surface area contributed by atoms with Gasteiger partial charge in [0.1, 0.15) is 0 Å². The van der Waals surface area contributed by atoms with Crippen molar-refractivity contribution in [3.63, 3.8) is 0 Å². The first-order valence-corrected chi connectivity index (χ1v) is 13.4. The zero-order valence-corrected chi connectivity index (χ0v) is 21.9. The molecule has 192 valence electrons. The molecule has 0 radical (unpaired) electrons. The normalized spacial score (nSPS) is 19.6. The summed E-state index contributed by atoms with van der Waals surface area (Å²) in [4.78, 5) is 46.4. The number of fused-ring (bicyclic) bond motifs is 1. The average molecular weight is 518 g/mol. The lowest BCUT2D eigenvalue weighted by atomic mass is 9.81. The second kappa shape index (κ2) is 10.9. The number of piperazine rings is 1. The van der Waals surface area contributed by atoms with Crippen molar-refractivity contribution in [3.05, 3.63) is 87.6 Å². The van der Waals surface area contributed by atoms with Gasteiger partial charge in [0.05, 0.1) is 18.6 Å². The van der Waals surface area contributed by atoms with E-state index >= 15 is 0 Å². The highest BCUT2D eigenvalue weighted by Crippen LogP contribution is 2.45. The standard InChI is InChI=1S/C29H31N3O4S/c1-20(33)21-9-11-22(12-10-21)30-13-15-31(16-14-30)29(35)26-23-6-3-4-7-24(23)28(34)32(17-18-36-2)27(26)25-8-5-19-37-25/h3-12,19,26-27H,13-18H2,1-2H3/t26-,27-/m1/s1. The summed E-state index contributed by atoms with van der Waals surface area (Å²) in [6, 6.07) is 18.8. The number of hydrogen-bond donors (Lipinski definition) is 0. The highest BCUT2D eigenvalue weighted by molar-refractivity contribution is 7.10. The fourth-order valence-electron chi connectivity index (χ4n) is 5.36. The minimum Gasteiger partial charge on any atom is -0.383 e. The highest BCUT2D eigenvalue weighted by Gasteiger charge is 2.46. The second-order valence-corrected chi connectivity index (χ2v) is 10.4. The number of Topliss-reactive ketones (excluding diaryl/α,β-unsaturated/α-hetero) is 1. The fraction of sp³-hybridized carbons (Fsp3) is 0.345. The van der Waals surface area contributed by atoms with E-state index in [1.807, 2.05) is 75.8 Å². The predicted molar refractivity (Wildman–Crippen MR) is 144 cm³/mol. The van der Waals surface area contributed by atoms with Crippen molar-refractivity contribution in [1.29, 1.82) is 0 Å². The van der Waals surface area contributed by atoms with Crippen molar-refractivity contribution in [3.8, 4) is 0 Å². The molecule has 8 heteroatoms. The Kier molecular flexibility index (Phi) is 7.39. The first-order chi connectivity index (χ1) is 18.0. The van der Waals surface area contributed by atoms with Crippen LogP contribution in [-0.2, 0) is 9.53 Å². The number of ether oxygens (including phenoxy) is 1. The fourth-order valence-corrected chi connectivity index (χ4v) is 6.23. The smallest absolute Gasteiger partial charge is 0.254 e. The molecule has 37 heavy (non-hydrogen) atoms. The number of nitrogens with zero attached hydrogens (tertiary/aromatic N) is 3. The molecule has 0 unspecified atom stereocenters. The van der Waals surface area contributed by atoms with E-state index in [1.165, 1.54) is 0 Å². The lowest BCUT2D eigenvalue weighted by molar-refractivity contribution is -0.135. The number of benzene rings is 2. The molecule has 0 saturated carbocycles. The van der Waals surface area contributed by atoms with E-state index in [0.29, 0.717) is 50.5 Å². The molecular formula is C29H31N3O4S. The molecule has 0 N–H and O–H groups in total. The SMILES string of the molecule is COCCN1C(=O)c2ccccc2[C@@H](C(=O)N2CCN(c3ccc(C(C)=O)cc3)CC2)[C@H]1c1cccs1. The molecular weight excluding hydrogens is 486 g/mol. The second-order valence-electron chi connectivity index (χ2n) is 9.43. The minimum atomic E-state index is -0.481. The van der Waals surface area contributed by atoms with E-state index < -0.39 is 5.92 Å². The van der Waals surface area contributed by atoms with Gasteiger partial charge in [-0.05, 0) is 54.3 Å². The van der Waals surface area contributed by atoms with E-state index in [4.69, 9.17) is 4.74 Å². The molecule has 2 aliphatic heterocycles. The molecule has 1 fully saturated rings. The van der Waals surface area contributed by atoms with Gasteiger partial charge in [-0.2, -0.15) is 0 Å². The maximum atomic E-state index is 14.2. The van der Waals surface area contributed by atoms with Crippen LogP contribution in [0.25, 0.3) is 0 Å². The van der Waals surface area contributed by atoms with Crippen LogP contribution in [0.5, 0.6) is 0 Å². The monoisotopic (exact) mass is 517 g/mol. The maximum absolute atomic E-state index is 14.2. The molecule has 2 aromatic carbocycles. The van der Waals surface area contributed by atoms with Gasteiger partial charge < -0.3 is 19.4 Å². The Morgan fingerprint density at radius 3 is 2.35 bits per heavy atom. The van der Waals surface area contributed by atoms with Crippen molar-refractivity contribution in [1.82, 2.24) is 9.80 Å². The molecule has 7 nitrogen and oxygen atoms in total. The number of ketones is 1. The largest absolute Gasteiger partial charge is 0.383 e. The van der Waals surface area contributed by atoms with Crippen LogP contribution in [-0.4, -0.2) is 73.8 Å². The van der Waals surface area contributed by atoms with Crippen LogP contribution >= 0.6 is 11.3 Å². The van der Waals surface area contributed by atoms with Crippen LogP contribution in [0.4, 0.5) is 5.69 Å². The van der Waals surface area contributed by atoms with E-state index in [0.717, 1.165) is 16.1 Å². The number of carbonyl (C=O) groups is 3. The van der Waals surface area contributed by atoms with Gasteiger partial charge in [0.15, 0.2) is 5.78 Å². The molecule has 2 aliphatic rings. The van der Waals surface area contributed by atoms with Gasteiger partial charge in [0.2, 0.25) is 5.91 Å². The summed E-state index contributed by atoms with van der Waals surface area (Å²) >= 11 is 1.57. The molecule has 0 spiro atoms. The van der Waals surface area contributed by atoms with Crippen LogP contribution in [0.3, 0.4) is 0 Å². The lowest BCUT2D eigenvalue weighted by Gasteiger charge is -2.44. The first kappa shape index (κ1) is 25.2. The number of hydrogen-bond acceptors (Lipinski definition) is 6. The van der Waals surface area contributed by atoms with Gasteiger partial charge >= 0.3 is 0 Å². The third-order valence-corrected chi connectivity index (χ3v) is 8.25. The van der Waals surface area contributed by atoms with Gasteiger partial charge in [0, 0.05) is 61.5 Å². The Hall–Kier alpha value is -3.49. The van der Waals surface area contributed by atoms with E-state index in [2.05, 4.69) is 4.90 Å². The summed E-state index contributed by atoms with van der Waals surface area (Å²) in [5.74, 6) is -0.444. The van der Waals surface area contributed by atoms with Gasteiger partial charge in [-0.15, -0.1) is 11.3 Å². The average Bonchev–Trinajstić information content (AvgIpc) is 3.47. The van der Waals surface area contributed by atoms with E-state index in [1.54, 1.807) is 25.4 Å². The Balaban J connectivity index is 1.41. The Morgan fingerprint density at radius 2 is 1.70 bits per heavy atom. The summed E-state index contributed by atoms with van der Waals surface area (Å²) < 4.78 is 5.32. The summed E-state index contributed by atoms with van der Waals surface area (Å²) in [6.07, 6.45) is 0. The van der Waals surface area contributed by atoms with Gasteiger partial charge in [-0.25, -0.2) is 0 Å². The third-order valence-electron chi connectivity index (χ3n) is 7.31. The minimum absolute atomic E-state index is 0.0485. The molecule has 1 aromatic heterocycles. The summed E-state index contributed by atoms with van der Waals surface area (Å²) in [6.45, 7) is 4.98. The van der Waals surface area contributed by atoms with Gasteiger partial charge in [-0.3, -0.25) is 14.4 Å². The molecule has 1 saturated heterocycles. The van der Waals surface area contributed by atoms with Crippen molar-refractivity contribution in [2.24, 2.45) is 0 Å². The Morgan fingerprint density at radius 1 is 0.973 bits per heavy atom. The number of rotatable bonds is 7. The van der Waals surface area contributed by atoms with Crippen LogP contribution in [0, 0.1) is 0 Å². The molecule has 0 bridgehead atoms. The van der Waals surface area contributed by atoms with Crippen LogP contribution in [0.1, 0.15) is 50.0 Å². The Bertz CT molecular complexity index is 1270. The number of anilines is 1. The quantitative estimate of drug-likeness (QED) is 0.439. The molecule has 2 amide bonds. The zero-order valence-electron chi connectivity index (χ0n) is 21.1. The van der Waals surface area contributed by atoms with Crippen LogP contribution < -0.4 is 4.90 Å². The highest BCUT2D eigenvalue weighted by atomic mass is 32.1.